The number of pyridine rings is 1. The number of oxazole rings is 1. The molecule has 0 aliphatic carbocycles. The number of aromatic nitrogens is 2. The van der Waals surface area contributed by atoms with Gasteiger partial charge in [0.15, 0.2) is 0 Å². The van der Waals surface area contributed by atoms with Gasteiger partial charge in [-0.05, 0) is 56.4 Å². The van der Waals surface area contributed by atoms with Crippen LogP contribution in [0.3, 0.4) is 0 Å². The Morgan fingerprint density at radius 3 is 2.73 bits per heavy atom. The molecule has 0 fully saturated rings. The van der Waals surface area contributed by atoms with Crippen LogP contribution in [0.2, 0.25) is 0 Å². The second-order valence-electron chi connectivity index (χ2n) is 5.78. The molecule has 0 aliphatic rings. The third kappa shape index (κ3) is 4.43. The zero-order valence-corrected chi connectivity index (χ0v) is 15.1. The molecule has 2 heterocycles. The van der Waals surface area contributed by atoms with Crippen molar-refractivity contribution in [3.8, 4) is 0 Å². The van der Waals surface area contributed by atoms with E-state index in [1.165, 1.54) is 4.90 Å². The van der Waals surface area contributed by atoms with E-state index in [0.29, 0.717) is 11.6 Å². The minimum atomic E-state index is -0.588. The van der Waals surface area contributed by atoms with Crippen LogP contribution in [-0.4, -0.2) is 21.7 Å². The second-order valence-corrected chi connectivity index (χ2v) is 6.94. The Bertz CT molecular complexity index is 664. The van der Waals surface area contributed by atoms with Crippen LogP contribution >= 0.6 is 22.6 Å². The zero-order chi connectivity index (χ0) is 16.3. The zero-order valence-electron chi connectivity index (χ0n) is 13.0. The number of carbonyl (C=O) groups is 1. The van der Waals surface area contributed by atoms with E-state index in [-0.39, 0.29) is 6.54 Å². The van der Waals surface area contributed by atoms with Crippen molar-refractivity contribution in [3.63, 3.8) is 0 Å². The van der Waals surface area contributed by atoms with Crippen molar-refractivity contribution in [2.24, 2.45) is 0 Å². The molecule has 118 valence electrons. The molecule has 0 spiro atoms. The number of nitrogens with zero attached hydrogens (tertiary/aromatic N) is 3. The molecule has 1 amide bonds. The minimum absolute atomic E-state index is 0.185. The summed E-state index contributed by atoms with van der Waals surface area (Å²) in [6, 6.07) is 1.83. The van der Waals surface area contributed by atoms with Gasteiger partial charge in [-0.1, -0.05) is 0 Å². The maximum atomic E-state index is 12.5. The van der Waals surface area contributed by atoms with Crippen molar-refractivity contribution in [1.82, 2.24) is 9.97 Å². The molecule has 0 atom stereocenters. The van der Waals surface area contributed by atoms with Crippen LogP contribution in [0.25, 0.3) is 0 Å². The fourth-order valence-corrected chi connectivity index (χ4v) is 2.33. The summed E-state index contributed by atoms with van der Waals surface area (Å²) < 4.78 is 11.7. The predicted octanol–water partition coefficient (Wildman–Crippen LogP) is 3.92. The highest BCUT2D eigenvalue weighted by Gasteiger charge is 2.26. The molecule has 2 aromatic rings. The number of hydrogen-bond acceptors (Lipinski definition) is 5. The van der Waals surface area contributed by atoms with Crippen molar-refractivity contribution in [1.29, 1.82) is 0 Å². The van der Waals surface area contributed by atoms with Gasteiger partial charge in [-0.2, -0.15) is 0 Å². The van der Waals surface area contributed by atoms with Crippen LogP contribution in [0.1, 0.15) is 32.4 Å². The lowest BCUT2D eigenvalue weighted by molar-refractivity contribution is 0.0574. The van der Waals surface area contributed by atoms with Crippen molar-refractivity contribution >= 4 is 34.4 Å². The Balaban J connectivity index is 2.32. The van der Waals surface area contributed by atoms with Gasteiger partial charge in [-0.25, -0.2) is 9.78 Å². The third-order valence-corrected chi connectivity index (χ3v) is 3.53. The van der Waals surface area contributed by atoms with E-state index in [9.17, 15) is 4.79 Å². The van der Waals surface area contributed by atoms with E-state index in [1.54, 1.807) is 18.7 Å². The first-order chi connectivity index (χ1) is 10.3. The van der Waals surface area contributed by atoms with Gasteiger partial charge in [0, 0.05) is 9.77 Å². The summed E-state index contributed by atoms with van der Waals surface area (Å²) in [5.41, 5.74) is 0.836. The highest BCUT2D eigenvalue weighted by atomic mass is 127. The fraction of sp³-hybridized carbons (Fsp3) is 0.400. The van der Waals surface area contributed by atoms with Gasteiger partial charge in [0.2, 0.25) is 5.89 Å². The summed E-state index contributed by atoms with van der Waals surface area (Å²) in [6.45, 7) is 7.49. The number of hydrogen-bond donors (Lipinski definition) is 0. The first-order valence-corrected chi connectivity index (χ1v) is 7.85. The maximum Gasteiger partial charge on any atom is 0.415 e. The van der Waals surface area contributed by atoms with Crippen LogP contribution in [-0.2, 0) is 11.3 Å². The first kappa shape index (κ1) is 16.7. The molecule has 0 radical (unpaired) electrons. The van der Waals surface area contributed by atoms with Gasteiger partial charge < -0.3 is 9.15 Å². The highest BCUT2D eigenvalue weighted by Crippen LogP contribution is 2.25. The topological polar surface area (TPSA) is 68.5 Å². The summed E-state index contributed by atoms with van der Waals surface area (Å²) in [6.07, 6.45) is 4.39. The lowest BCUT2D eigenvalue weighted by atomic mass is 10.2. The molecule has 6 nitrogen and oxygen atoms in total. The molecule has 0 saturated carbocycles. The smallest absolute Gasteiger partial charge is 0.415 e. The number of ether oxygens (including phenoxy) is 1. The number of carbonyl (C=O) groups excluding carboxylic acids is 1. The number of halogens is 1. The second kappa shape index (κ2) is 6.64. The Morgan fingerprint density at radius 2 is 2.18 bits per heavy atom. The van der Waals surface area contributed by atoms with Gasteiger partial charge in [0.1, 0.15) is 18.4 Å². The van der Waals surface area contributed by atoms with E-state index in [0.717, 1.165) is 9.26 Å². The molecular formula is C15H18IN3O3. The SMILES string of the molecule is Cc1coc(CN(C(=O)OC(C)(C)C)c2cnccc2I)n1. The summed E-state index contributed by atoms with van der Waals surface area (Å²) >= 11 is 2.15. The van der Waals surface area contributed by atoms with E-state index < -0.39 is 11.7 Å². The number of aryl methyl sites for hydroxylation is 1. The largest absolute Gasteiger partial charge is 0.447 e. The Hall–Kier alpha value is -1.64. The molecule has 0 aliphatic heterocycles. The van der Waals surface area contributed by atoms with Crippen molar-refractivity contribution in [3.05, 3.63) is 39.9 Å². The van der Waals surface area contributed by atoms with Crippen LogP contribution in [0, 0.1) is 10.5 Å². The molecule has 0 unspecified atom stereocenters. The van der Waals surface area contributed by atoms with Crippen LogP contribution in [0.4, 0.5) is 10.5 Å². The lowest BCUT2D eigenvalue weighted by Crippen LogP contribution is -2.37. The monoisotopic (exact) mass is 415 g/mol. The quantitative estimate of drug-likeness (QED) is 0.711. The molecular weight excluding hydrogens is 397 g/mol. The van der Waals surface area contributed by atoms with Crippen molar-refractivity contribution < 1.29 is 13.9 Å². The van der Waals surface area contributed by atoms with Gasteiger partial charge >= 0.3 is 6.09 Å². The average Bonchev–Trinajstić information content (AvgIpc) is 2.80. The Morgan fingerprint density at radius 1 is 1.45 bits per heavy atom. The van der Waals surface area contributed by atoms with Crippen LogP contribution < -0.4 is 4.90 Å². The van der Waals surface area contributed by atoms with Gasteiger partial charge in [0.05, 0.1) is 17.6 Å². The van der Waals surface area contributed by atoms with E-state index in [4.69, 9.17) is 9.15 Å². The Kier molecular flexibility index (Phi) is 5.05. The number of rotatable bonds is 3. The lowest BCUT2D eigenvalue weighted by Gasteiger charge is -2.27. The van der Waals surface area contributed by atoms with E-state index >= 15 is 0 Å². The number of anilines is 1. The fourth-order valence-electron chi connectivity index (χ4n) is 1.74. The maximum absolute atomic E-state index is 12.5. The van der Waals surface area contributed by atoms with Crippen LogP contribution in [0.5, 0.6) is 0 Å². The molecule has 0 aromatic carbocycles. The van der Waals surface area contributed by atoms with Crippen LogP contribution in [0.15, 0.2) is 29.1 Å². The van der Waals surface area contributed by atoms with Gasteiger partial charge in [-0.15, -0.1) is 0 Å². The average molecular weight is 415 g/mol. The normalized spacial score (nSPS) is 11.3. The molecule has 7 heteroatoms. The molecule has 0 saturated heterocycles. The van der Waals surface area contributed by atoms with Crippen molar-refractivity contribution in [2.45, 2.75) is 39.8 Å². The van der Waals surface area contributed by atoms with Gasteiger partial charge in [0.25, 0.3) is 0 Å². The minimum Gasteiger partial charge on any atom is -0.447 e. The summed E-state index contributed by atoms with van der Waals surface area (Å²) in [7, 11) is 0. The molecule has 22 heavy (non-hydrogen) atoms. The first-order valence-electron chi connectivity index (χ1n) is 6.77. The summed E-state index contributed by atoms with van der Waals surface area (Å²) in [5, 5.41) is 0. The van der Waals surface area contributed by atoms with Gasteiger partial charge in [-0.3, -0.25) is 9.88 Å². The van der Waals surface area contributed by atoms with E-state index in [1.807, 2.05) is 33.8 Å². The van der Waals surface area contributed by atoms with Crippen molar-refractivity contribution in [2.75, 3.05) is 4.90 Å². The number of amides is 1. The Labute approximate surface area is 143 Å². The molecule has 0 bridgehead atoms. The molecule has 2 aromatic heterocycles. The molecule has 2 rings (SSSR count). The highest BCUT2D eigenvalue weighted by molar-refractivity contribution is 14.1. The standard InChI is InChI=1S/C15H18IN3O3/c1-10-9-21-13(18-10)8-19(14(20)22-15(2,3)4)12-7-17-6-5-11(12)16/h5-7,9H,8H2,1-4H3. The van der Waals surface area contributed by atoms with E-state index in [2.05, 4.69) is 32.6 Å². The summed E-state index contributed by atoms with van der Waals surface area (Å²) in [4.78, 5) is 22.3. The predicted molar refractivity (Wildman–Crippen MR) is 90.6 cm³/mol. The summed E-state index contributed by atoms with van der Waals surface area (Å²) in [5.74, 6) is 0.447. The molecule has 0 N–H and O–H groups in total. The third-order valence-electron chi connectivity index (χ3n) is 2.61.